The number of fused-ring (bicyclic) bond motifs is 2. The highest BCUT2D eigenvalue weighted by molar-refractivity contribution is 5.85. The molecule has 0 saturated heterocycles. The Bertz CT molecular complexity index is 944. The van der Waals surface area contributed by atoms with Crippen LogP contribution >= 0.6 is 0 Å². The van der Waals surface area contributed by atoms with Gasteiger partial charge in [0.15, 0.2) is 11.6 Å². The van der Waals surface area contributed by atoms with Gasteiger partial charge >= 0.3 is 0 Å². The van der Waals surface area contributed by atoms with E-state index in [4.69, 9.17) is 0 Å². The lowest BCUT2D eigenvalue weighted by Gasteiger charge is -2.42. The summed E-state index contributed by atoms with van der Waals surface area (Å²) in [5, 5.41) is 1.28. The Balaban J connectivity index is 1.41. The van der Waals surface area contributed by atoms with Crippen molar-refractivity contribution in [2.24, 2.45) is 17.8 Å². The minimum Gasteiger partial charge on any atom is -0.203 e. The highest BCUT2D eigenvalue weighted by atomic mass is 19.2. The van der Waals surface area contributed by atoms with Crippen molar-refractivity contribution in [3.63, 3.8) is 0 Å². The standard InChI is InChI=1S/C31H42F2/c1-3-5-7-9-10-22-12-13-24-19-25(15-14-23(24)18-22)26-16-17-27-20-28(11-8-6-4-2)30(32)31(33)29(27)21-26/h4,6,16-17,20-25H,3,5,7-15,18-19H2,1-2H3/b6-4+. The first-order chi connectivity index (χ1) is 16.1. The molecule has 4 atom stereocenters. The van der Waals surface area contributed by atoms with Crippen molar-refractivity contribution in [2.45, 2.75) is 103 Å². The predicted octanol–water partition coefficient (Wildman–Crippen LogP) is 9.90. The lowest BCUT2D eigenvalue weighted by molar-refractivity contribution is 0.113. The molecule has 0 spiro atoms. The highest BCUT2D eigenvalue weighted by Gasteiger charge is 2.35. The predicted molar refractivity (Wildman–Crippen MR) is 137 cm³/mol. The van der Waals surface area contributed by atoms with E-state index in [1.807, 2.05) is 37.3 Å². The van der Waals surface area contributed by atoms with Crippen LogP contribution in [0.25, 0.3) is 10.8 Å². The molecule has 0 aliphatic heterocycles. The first kappa shape index (κ1) is 24.4. The molecule has 180 valence electrons. The minimum atomic E-state index is -0.665. The van der Waals surface area contributed by atoms with Gasteiger partial charge in [0.2, 0.25) is 0 Å². The van der Waals surface area contributed by atoms with Gasteiger partial charge in [0.1, 0.15) is 0 Å². The number of hydrogen-bond acceptors (Lipinski definition) is 0. The van der Waals surface area contributed by atoms with E-state index >= 15 is 0 Å². The molecule has 0 heterocycles. The highest BCUT2D eigenvalue weighted by Crippen LogP contribution is 2.48. The van der Waals surface area contributed by atoms with E-state index in [2.05, 4.69) is 13.0 Å². The molecule has 0 radical (unpaired) electrons. The monoisotopic (exact) mass is 452 g/mol. The molecular formula is C31H42F2. The molecule has 33 heavy (non-hydrogen) atoms. The van der Waals surface area contributed by atoms with Crippen LogP contribution in [0.15, 0.2) is 36.4 Å². The van der Waals surface area contributed by atoms with E-state index in [1.165, 1.54) is 76.2 Å². The smallest absolute Gasteiger partial charge is 0.166 e. The molecule has 0 bridgehead atoms. The van der Waals surface area contributed by atoms with Crippen LogP contribution in [0.5, 0.6) is 0 Å². The van der Waals surface area contributed by atoms with Crippen molar-refractivity contribution in [1.82, 2.24) is 0 Å². The van der Waals surface area contributed by atoms with E-state index in [0.29, 0.717) is 23.3 Å². The molecule has 2 aliphatic rings. The number of benzene rings is 2. The van der Waals surface area contributed by atoms with E-state index in [9.17, 15) is 8.78 Å². The number of allylic oxidation sites excluding steroid dienone is 2. The maximum atomic E-state index is 15.0. The Kier molecular flexibility index (Phi) is 8.61. The molecule has 4 unspecified atom stereocenters. The molecule has 2 aromatic carbocycles. The third-order valence-electron chi connectivity index (χ3n) is 8.59. The summed E-state index contributed by atoms with van der Waals surface area (Å²) in [4.78, 5) is 0. The lowest BCUT2D eigenvalue weighted by Crippen LogP contribution is -2.30. The summed E-state index contributed by atoms with van der Waals surface area (Å²) in [5.41, 5.74) is 1.69. The summed E-state index contributed by atoms with van der Waals surface area (Å²) in [7, 11) is 0. The molecule has 0 nitrogen and oxygen atoms in total. The summed E-state index contributed by atoms with van der Waals surface area (Å²) in [5.74, 6) is 1.82. The number of halogens is 2. The zero-order valence-electron chi connectivity index (χ0n) is 20.7. The van der Waals surface area contributed by atoms with Crippen molar-refractivity contribution in [2.75, 3.05) is 0 Å². The molecule has 2 heteroatoms. The van der Waals surface area contributed by atoms with Crippen LogP contribution in [0.1, 0.15) is 108 Å². The Hall–Kier alpha value is -1.70. The first-order valence-corrected chi connectivity index (χ1v) is 13.6. The largest absolute Gasteiger partial charge is 0.203 e. The molecule has 0 N–H and O–H groups in total. The van der Waals surface area contributed by atoms with Gasteiger partial charge in [-0.2, -0.15) is 0 Å². The lowest BCUT2D eigenvalue weighted by atomic mass is 9.63. The maximum Gasteiger partial charge on any atom is 0.166 e. The molecule has 0 amide bonds. The Morgan fingerprint density at radius 1 is 0.909 bits per heavy atom. The van der Waals surface area contributed by atoms with Crippen LogP contribution in [0.3, 0.4) is 0 Å². The molecule has 2 aliphatic carbocycles. The molecule has 2 fully saturated rings. The van der Waals surface area contributed by atoms with Crippen molar-refractivity contribution in [3.8, 4) is 0 Å². The van der Waals surface area contributed by atoms with Crippen LogP contribution in [0, 0.1) is 29.4 Å². The summed E-state index contributed by atoms with van der Waals surface area (Å²) in [6.07, 6.45) is 20.1. The average Bonchev–Trinajstić information content (AvgIpc) is 2.84. The van der Waals surface area contributed by atoms with Gasteiger partial charge in [0.05, 0.1) is 0 Å². The topological polar surface area (TPSA) is 0 Å². The van der Waals surface area contributed by atoms with E-state index in [-0.39, 0.29) is 0 Å². The van der Waals surface area contributed by atoms with Gasteiger partial charge in [-0.15, -0.1) is 0 Å². The average molecular weight is 453 g/mol. The normalized spacial score (nSPS) is 25.6. The van der Waals surface area contributed by atoms with E-state index in [0.717, 1.165) is 29.6 Å². The van der Waals surface area contributed by atoms with Crippen LogP contribution in [0.2, 0.25) is 0 Å². The second-order valence-electron chi connectivity index (χ2n) is 10.8. The molecule has 4 rings (SSSR count). The van der Waals surface area contributed by atoms with Crippen molar-refractivity contribution in [1.29, 1.82) is 0 Å². The van der Waals surface area contributed by atoms with Gasteiger partial charge in [0.25, 0.3) is 0 Å². The van der Waals surface area contributed by atoms with Gasteiger partial charge in [-0.3, -0.25) is 0 Å². The first-order valence-electron chi connectivity index (χ1n) is 13.6. The number of hydrogen-bond donors (Lipinski definition) is 0. The second kappa shape index (κ2) is 11.6. The van der Waals surface area contributed by atoms with Crippen molar-refractivity contribution < 1.29 is 8.78 Å². The van der Waals surface area contributed by atoms with Crippen LogP contribution in [0.4, 0.5) is 8.78 Å². The molecular weight excluding hydrogens is 410 g/mol. The SMILES string of the molecule is C/C=C/CCc1cc2ccc(C3CCC4CC(CCCCCC)CCC4C3)cc2c(F)c1F. The Morgan fingerprint density at radius 3 is 2.55 bits per heavy atom. The minimum absolute atomic E-state index is 0.456. The number of unbranched alkanes of at least 4 members (excludes halogenated alkanes) is 3. The van der Waals surface area contributed by atoms with Gasteiger partial charge in [-0.1, -0.05) is 69.7 Å². The van der Waals surface area contributed by atoms with Gasteiger partial charge in [-0.25, -0.2) is 8.78 Å². The maximum absolute atomic E-state index is 15.0. The van der Waals surface area contributed by atoms with Crippen molar-refractivity contribution in [3.05, 3.63) is 59.2 Å². The summed E-state index contributed by atoms with van der Waals surface area (Å²) in [6.45, 7) is 4.24. The fraction of sp³-hybridized carbons (Fsp3) is 0.613. The molecule has 0 aromatic heterocycles. The zero-order chi connectivity index (χ0) is 23.2. The summed E-state index contributed by atoms with van der Waals surface area (Å²) in [6, 6.07) is 8.00. The molecule has 2 saturated carbocycles. The molecule has 2 aromatic rings. The van der Waals surface area contributed by atoms with Gasteiger partial charge in [0, 0.05) is 5.39 Å². The van der Waals surface area contributed by atoms with Gasteiger partial charge in [-0.05, 0) is 104 Å². The third kappa shape index (κ3) is 5.87. The van der Waals surface area contributed by atoms with Crippen molar-refractivity contribution >= 4 is 10.8 Å². The van der Waals surface area contributed by atoms with E-state index in [1.54, 1.807) is 0 Å². The zero-order valence-corrected chi connectivity index (χ0v) is 20.7. The Labute approximate surface area is 199 Å². The summed E-state index contributed by atoms with van der Waals surface area (Å²) >= 11 is 0. The van der Waals surface area contributed by atoms with Crippen LogP contribution < -0.4 is 0 Å². The third-order valence-corrected chi connectivity index (χ3v) is 8.59. The number of aryl methyl sites for hydroxylation is 1. The second-order valence-corrected chi connectivity index (χ2v) is 10.8. The van der Waals surface area contributed by atoms with Crippen LogP contribution in [-0.2, 0) is 6.42 Å². The number of rotatable bonds is 9. The summed E-state index contributed by atoms with van der Waals surface area (Å²) < 4.78 is 29.7. The van der Waals surface area contributed by atoms with Crippen LogP contribution in [-0.4, -0.2) is 0 Å². The fourth-order valence-corrected chi connectivity index (χ4v) is 6.65. The quantitative estimate of drug-likeness (QED) is 0.262. The van der Waals surface area contributed by atoms with Gasteiger partial charge < -0.3 is 0 Å². The Morgan fingerprint density at radius 2 is 1.73 bits per heavy atom. The fourth-order valence-electron chi connectivity index (χ4n) is 6.65. The van der Waals surface area contributed by atoms with E-state index < -0.39 is 11.6 Å².